The van der Waals surface area contributed by atoms with Gasteiger partial charge in [0, 0.05) is 11.8 Å². The number of rotatable bonds is 2. The summed E-state index contributed by atoms with van der Waals surface area (Å²) in [5.41, 5.74) is 1.45. The second kappa shape index (κ2) is 5.02. The van der Waals surface area contributed by atoms with Crippen LogP contribution >= 0.6 is 15.9 Å². The van der Waals surface area contributed by atoms with Gasteiger partial charge in [-0.2, -0.15) is 0 Å². The quantitative estimate of drug-likeness (QED) is 0.855. The first-order valence-corrected chi connectivity index (χ1v) is 6.25. The fourth-order valence-corrected chi connectivity index (χ4v) is 2.20. The molecule has 1 heterocycles. The maximum absolute atomic E-state index is 13.1. The Morgan fingerprint density at radius 2 is 2.06 bits per heavy atom. The van der Waals surface area contributed by atoms with E-state index in [9.17, 15) is 9.18 Å². The number of hydrogen-bond donors (Lipinski definition) is 0. The van der Waals surface area contributed by atoms with E-state index in [0.29, 0.717) is 22.5 Å². The molecule has 1 aromatic heterocycles. The van der Waals surface area contributed by atoms with Gasteiger partial charge in [0.25, 0.3) is 5.56 Å². The van der Waals surface area contributed by atoms with Crippen molar-refractivity contribution in [3.05, 3.63) is 62.0 Å². The first-order valence-electron chi connectivity index (χ1n) is 5.46. The lowest BCUT2D eigenvalue weighted by molar-refractivity contribution is 0.618. The third-order valence-electron chi connectivity index (χ3n) is 2.65. The highest BCUT2D eigenvalue weighted by Gasteiger charge is 2.06. The van der Waals surface area contributed by atoms with Crippen LogP contribution in [-0.4, -0.2) is 9.55 Å². The van der Waals surface area contributed by atoms with E-state index in [4.69, 9.17) is 0 Å². The molecule has 0 unspecified atom stereocenters. The predicted molar refractivity (Wildman–Crippen MR) is 71.2 cm³/mol. The van der Waals surface area contributed by atoms with Crippen molar-refractivity contribution in [3.8, 4) is 0 Å². The summed E-state index contributed by atoms with van der Waals surface area (Å²) in [6.07, 6.45) is 0. The zero-order valence-electron chi connectivity index (χ0n) is 10.1. The van der Waals surface area contributed by atoms with Crippen LogP contribution in [-0.2, 0) is 6.54 Å². The molecule has 0 N–H and O–H groups in total. The summed E-state index contributed by atoms with van der Waals surface area (Å²) in [6, 6.07) is 6.19. The first-order chi connectivity index (χ1) is 8.47. The zero-order valence-corrected chi connectivity index (χ0v) is 11.7. The molecule has 5 heteroatoms. The largest absolute Gasteiger partial charge is 0.292 e. The molecule has 0 aliphatic heterocycles. The van der Waals surface area contributed by atoms with Gasteiger partial charge in [-0.15, -0.1) is 0 Å². The third kappa shape index (κ3) is 2.67. The van der Waals surface area contributed by atoms with Crippen molar-refractivity contribution >= 4 is 15.9 Å². The summed E-state index contributed by atoms with van der Waals surface area (Å²) in [7, 11) is 0. The normalized spacial score (nSPS) is 10.7. The predicted octanol–water partition coefficient (Wildman–Crippen LogP) is 2.81. The summed E-state index contributed by atoms with van der Waals surface area (Å²) in [5.74, 6) is 0.338. The van der Waals surface area contributed by atoms with Crippen molar-refractivity contribution in [1.82, 2.24) is 9.55 Å². The van der Waals surface area contributed by atoms with Crippen LogP contribution in [0.4, 0.5) is 4.39 Å². The van der Waals surface area contributed by atoms with Gasteiger partial charge in [-0.25, -0.2) is 9.37 Å². The molecule has 0 saturated heterocycles. The van der Waals surface area contributed by atoms with Crippen molar-refractivity contribution in [2.24, 2.45) is 0 Å². The van der Waals surface area contributed by atoms with Crippen molar-refractivity contribution in [3.63, 3.8) is 0 Å². The minimum absolute atomic E-state index is 0.0968. The monoisotopic (exact) mass is 310 g/mol. The molecule has 0 radical (unpaired) electrons. The van der Waals surface area contributed by atoms with E-state index >= 15 is 0 Å². The Morgan fingerprint density at radius 3 is 2.67 bits per heavy atom. The van der Waals surface area contributed by atoms with Gasteiger partial charge < -0.3 is 0 Å². The molecule has 2 rings (SSSR count). The molecule has 0 fully saturated rings. The number of halogens is 2. The molecule has 0 saturated carbocycles. The van der Waals surface area contributed by atoms with Gasteiger partial charge >= 0.3 is 0 Å². The number of aryl methyl sites for hydroxylation is 2. The van der Waals surface area contributed by atoms with E-state index in [2.05, 4.69) is 20.9 Å². The van der Waals surface area contributed by atoms with Gasteiger partial charge in [-0.05, 0) is 47.5 Å². The minimum Gasteiger partial charge on any atom is -0.292 e. The standard InChI is InChI=1S/C13H12BrFN2O/c1-8-5-13(18)17(9(2)16-8)7-10-3-4-12(15)11(14)6-10/h3-6H,7H2,1-2H3. The Balaban J connectivity index is 2.40. The highest BCUT2D eigenvalue weighted by Crippen LogP contribution is 2.17. The smallest absolute Gasteiger partial charge is 0.254 e. The van der Waals surface area contributed by atoms with Gasteiger partial charge in [0.1, 0.15) is 11.6 Å². The molecular formula is C13H12BrFN2O. The fourth-order valence-electron chi connectivity index (χ4n) is 1.78. The highest BCUT2D eigenvalue weighted by atomic mass is 79.9. The molecule has 0 aliphatic rings. The Bertz CT molecular complexity index is 652. The van der Waals surface area contributed by atoms with E-state index in [-0.39, 0.29) is 11.4 Å². The maximum Gasteiger partial charge on any atom is 0.254 e. The van der Waals surface area contributed by atoms with Crippen molar-refractivity contribution in [1.29, 1.82) is 0 Å². The Labute approximate surface area is 112 Å². The van der Waals surface area contributed by atoms with Crippen molar-refractivity contribution in [2.45, 2.75) is 20.4 Å². The average molecular weight is 311 g/mol. The van der Waals surface area contributed by atoms with Crippen LogP contribution in [0.1, 0.15) is 17.1 Å². The average Bonchev–Trinajstić information content (AvgIpc) is 2.28. The molecule has 2 aromatic rings. The lowest BCUT2D eigenvalue weighted by Crippen LogP contribution is -2.24. The molecule has 0 atom stereocenters. The summed E-state index contributed by atoms with van der Waals surface area (Å²) in [4.78, 5) is 16.1. The summed E-state index contributed by atoms with van der Waals surface area (Å²) in [6.45, 7) is 3.96. The zero-order chi connectivity index (χ0) is 13.3. The molecule has 3 nitrogen and oxygen atoms in total. The molecule has 18 heavy (non-hydrogen) atoms. The molecule has 0 aliphatic carbocycles. The van der Waals surface area contributed by atoms with Crippen LogP contribution in [0, 0.1) is 19.7 Å². The van der Waals surface area contributed by atoms with Crippen molar-refractivity contribution in [2.75, 3.05) is 0 Å². The van der Waals surface area contributed by atoms with E-state index in [1.54, 1.807) is 30.5 Å². The molecule has 1 aromatic carbocycles. The summed E-state index contributed by atoms with van der Waals surface area (Å²) < 4.78 is 15.1. The summed E-state index contributed by atoms with van der Waals surface area (Å²) >= 11 is 3.13. The second-order valence-electron chi connectivity index (χ2n) is 4.12. The Hall–Kier alpha value is -1.49. The van der Waals surface area contributed by atoms with E-state index in [0.717, 1.165) is 5.56 Å². The lowest BCUT2D eigenvalue weighted by Gasteiger charge is -2.10. The maximum atomic E-state index is 13.1. The molecular weight excluding hydrogens is 299 g/mol. The van der Waals surface area contributed by atoms with Gasteiger partial charge in [0.2, 0.25) is 0 Å². The molecule has 0 spiro atoms. The minimum atomic E-state index is -0.315. The number of benzene rings is 1. The molecule has 0 bridgehead atoms. The van der Waals surface area contributed by atoms with Crippen LogP contribution in [0.3, 0.4) is 0 Å². The first kappa shape index (κ1) is 13.0. The fraction of sp³-hybridized carbons (Fsp3) is 0.231. The van der Waals surface area contributed by atoms with Crippen LogP contribution in [0.5, 0.6) is 0 Å². The topological polar surface area (TPSA) is 34.9 Å². The summed E-state index contributed by atoms with van der Waals surface area (Å²) in [5, 5.41) is 0. The molecule has 0 amide bonds. The van der Waals surface area contributed by atoms with Crippen LogP contribution in [0.2, 0.25) is 0 Å². The second-order valence-corrected chi connectivity index (χ2v) is 4.97. The van der Waals surface area contributed by atoms with Gasteiger partial charge in [-0.3, -0.25) is 9.36 Å². The number of hydrogen-bond acceptors (Lipinski definition) is 2. The van der Waals surface area contributed by atoms with Crippen LogP contribution in [0.25, 0.3) is 0 Å². The van der Waals surface area contributed by atoms with Crippen LogP contribution in [0.15, 0.2) is 33.5 Å². The van der Waals surface area contributed by atoms with E-state index < -0.39 is 0 Å². The van der Waals surface area contributed by atoms with E-state index in [1.165, 1.54) is 12.1 Å². The number of nitrogens with zero attached hydrogens (tertiary/aromatic N) is 2. The molecule has 94 valence electrons. The van der Waals surface area contributed by atoms with Crippen molar-refractivity contribution < 1.29 is 4.39 Å². The number of aromatic nitrogens is 2. The Kier molecular flexibility index (Phi) is 3.61. The Morgan fingerprint density at radius 1 is 1.33 bits per heavy atom. The van der Waals surface area contributed by atoms with Gasteiger partial charge in [0.15, 0.2) is 0 Å². The van der Waals surface area contributed by atoms with E-state index in [1.807, 2.05) is 0 Å². The SMILES string of the molecule is Cc1cc(=O)n(Cc2ccc(F)c(Br)c2)c(C)n1. The van der Waals surface area contributed by atoms with Crippen LogP contribution < -0.4 is 5.56 Å². The van der Waals surface area contributed by atoms with Gasteiger partial charge in [0.05, 0.1) is 11.0 Å². The highest BCUT2D eigenvalue weighted by molar-refractivity contribution is 9.10. The third-order valence-corrected chi connectivity index (χ3v) is 3.26. The van der Waals surface area contributed by atoms with Gasteiger partial charge in [-0.1, -0.05) is 6.07 Å². The lowest BCUT2D eigenvalue weighted by atomic mass is 10.2.